The first kappa shape index (κ1) is 49.6. The molecule has 0 radical (unpaired) electrons. The summed E-state index contributed by atoms with van der Waals surface area (Å²) in [6.45, 7) is 7.70. The van der Waals surface area contributed by atoms with Crippen molar-refractivity contribution < 1.29 is 28.6 Å². The number of carbonyl (C=O) groups excluding carboxylic acids is 3. The van der Waals surface area contributed by atoms with E-state index in [0.717, 1.165) is 57.8 Å². The van der Waals surface area contributed by atoms with Gasteiger partial charge in [-0.05, 0) is 37.5 Å². The smallest absolute Gasteiger partial charge is 0.339 e. The van der Waals surface area contributed by atoms with Gasteiger partial charge >= 0.3 is 17.9 Å². The second-order valence-electron chi connectivity index (χ2n) is 15.8. The van der Waals surface area contributed by atoms with Crippen LogP contribution in [0.15, 0.2) is 18.2 Å². The highest BCUT2D eigenvalue weighted by Gasteiger charge is 2.22. The molecule has 0 aliphatic carbocycles. The van der Waals surface area contributed by atoms with Crippen molar-refractivity contribution in [1.82, 2.24) is 0 Å². The van der Waals surface area contributed by atoms with E-state index < -0.39 is 17.9 Å². The molecular formula is C48H84O6. The topological polar surface area (TPSA) is 78.9 Å². The predicted molar refractivity (Wildman–Crippen MR) is 227 cm³/mol. The number of esters is 3. The van der Waals surface area contributed by atoms with Gasteiger partial charge in [-0.1, -0.05) is 213 Å². The molecular weight excluding hydrogens is 673 g/mol. The van der Waals surface area contributed by atoms with Gasteiger partial charge in [0.2, 0.25) is 0 Å². The molecule has 1 aromatic carbocycles. The number of carbonyl (C=O) groups is 3. The Bertz CT molecular complexity index is 1040. The molecule has 0 aromatic heterocycles. The lowest BCUT2D eigenvalue weighted by Gasteiger charge is -2.12. The molecule has 0 fully saturated rings. The van der Waals surface area contributed by atoms with Crippen LogP contribution in [-0.4, -0.2) is 37.7 Å². The zero-order chi connectivity index (χ0) is 39.2. The van der Waals surface area contributed by atoms with E-state index in [2.05, 4.69) is 20.8 Å². The molecule has 0 saturated heterocycles. The van der Waals surface area contributed by atoms with E-state index in [1.165, 1.54) is 166 Å². The fourth-order valence-electron chi connectivity index (χ4n) is 7.05. The molecule has 0 atom stereocenters. The third kappa shape index (κ3) is 28.1. The van der Waals surface area contributed by atoms with Crippen LogP contribution in [0.2, 0.25) is 0 Å². The van der Waals surface area contributed by atoms with Crippen molar-refractivity contribution in [3.63, 3.8) is 0 Å². The molecule has 0 bridgehead atoms. The van der Waals surface area contributed by atoms with Gasteiger partial charge in [-0.15, -0.1) is 0 Å². The fourth-order valence-corrected chi connectivity index (χ4v) is 7.05. The molecule has 0 amide bonds. The molecule has 1 rings (SSSR count). The highest BCUT2D eigenvalue weighted by atomic mass is 16.5. The Morgan fingerprint density at radius 3 is 0.907 bits per heavy atom. The molecule has 6 heteroatoms. The lowest BCUT2D eigenvalue weighted by molar-refractivity contribution is 0.0447. The first-order valence-electron chi connectivity index (χ1n) is 23.2. The number of benzene rings is 1. The van der Waals surface area contributed by atoms with Gasteiger partial charge in [-0.3, -0.25) is 0 Å². The Morgan fingerprint density at radius 1 is 0.333 bits per heavy atom. The maximum Gasteiger partial charge on any atom is 0.339 e. The average molecular weight is 757 g/mol. The summed E-state index contributed by atoms with van der Waals surface area (Å²) in [5.74, 6) is -1.63. The number of rotatable bonds is 39. The van der Waals surface area contributed by atoms with Crippen molar-refractivity contribution >= 4 is 17.9 Å². The molecule has 312 valence electrons. The Morgan fingerprint density at radius 2 is 0.593 bits per heavy atom. The molecule has 6 nitrogen and oxygen atoms in total. The van der Waals surface area contributed by atoms with Gasteiger partial charge < -0.3 is 14.2 Å². The fraction of sp³-hybridized carbons (Fsp3) is 0.812. The number of unbranched alkanes of at least 4 members (excludes halogenated alkanes) is 30. The van der Waals surface area contributed by atoms with Crippen LogP contribution in [0.5, 0.6) is 0 Å². The first-order valence-corrected chi connectivity index (χ1v) is 23.2. The molecule has 0 spiro atoms. The molecule has 54 heavy (non-hydrogen) atoms. The van der Waals surface area contributed by atoms with Crippen LogP contribution in [-0.2, 0) is 14.2 Å². The standard InChI is InChI=1S/C48H84O6/c1-4-7-10-13-16-19-22-25-28-31-34-39-52-46(49)43-37-38-44(47(50)53-40-35-32-29-26-23-20-17-14-11-8-5-2)45(42-43)48(51)54-41-36-33-30-27-24-21-18-15-12-9-6-3/h37-38,42H,4-36,39-41H2,1-3H3. The second-order valence-corrected chi connectivity index (χ2v) is 15.8. The molecule has 0 aliphatic rings. The van der Waals surface area contributed by atoms with E-state index in [4.69, 9.17) is 14.2 Å². The number of hydrogen-bond acceptors (Lipinski definition) is 6. The van der Waals surface area contributed by atoms with E-state index in [-0.39, 0.29) is 23.3 Å². The molecule has 0 heterocycles. The molecule has 1 aromatic rings. The van der Waals surface area contributed by atoms with Gasteiger partial charge in [0.1, 0.15) is 0 Å². The quantitative estimate of drug-likeness (QED) is 0.0378. The normalized spacial score (nSPS) is 11.2. The van der Waals surface area contributed by atoms with Gasteiger partial charge in [0, 0.05) is 0 Å². The zero-order valence-electron chi connectivity index (χ0n) is 35.6. The van der Waals surface area contributed by atoms with Gasteiger partial charge in [-0.2, -0.15) is 0 Å². The SMILES string of the molecule is CCCCCCCCCCCCCOC(=O)c1ccc(C(=O)OCCCCCCCCCCCCC)c(C(=O)OCCCCCCCCCCCCC)c1. The highest BCUT2D eigenvalue weighted by Crippen LogP contribution is 2.19. The molecule has 0 unspecified atom stereocenters. The van der Waals surface area contributed by atoms with Crippen molar-refractivity contribution in [3.8, 4) is 0 Å². The second kappa shape index (κ2) is 37.5. The first-order chi connectivity index (χ1) is 26.5. The van der Waals surface area contributed by atoms with Crippen molar-refractivity contribution in [2.75, 3.05) is 19.8 Å². The van der Waals surface area contributed by atoms with Crippen LogP contribution in [0.3, 0.4) is 0 Å². The summed E-state index contributed by atoms with van der Waals surface area (Å²) < 4.78 is 16.8. The monoisotopic (exact) mass is 757 g/mol. The van der Waals surface area contributed by atoms with Gasteiger partial charge in [0.15, 0.2) is 0 Å². The summed E-state index contributed by atoms with van der Waals surface area (Å²) in [4.78, 5) is 39.4. The van der Waals surface area contributed by atoms with E-state index in [1.54, 1.807) is 6.07 Å². The van der Waals surface area contributed by atoms with E-state index in [1.807, 2.05) is 0 Å². The Hall–Kier alpha value is -2.37. The van der Waals surface area contributed by atoms with Crippen LogP contribution >= 0.6 is 0 Å². The van der Waals surface area contributed by atoms with Crippen LogP contribution in [0.1, 0.15) is 264 Å². The predicted octanol–water partition coefficient (Wildman–Crippen LogP) is 15.1. The Labute approximate surface area is 333 Å². The van der Waals surface area contributed by atoms with Crippen molar-refractivity contribution in [2.24, 2.45) is 0 Å². The Kier molecular flexibility index (Phi) is 34.5. The minimum atomic E-state index is -0.594. The maximum absolute atomic E-state index is 13.3. The number of hydrogen-bond donors (Lipinski definition) is 0. The molecule has 0 N–H and O–H groups in total. The van der Waals surface area contributed by atoms with Gasteiger partial charge in [0.05, 0.1) is 36.5 Å². The van der Waals surface area contributed by atoms with E-state index in [9.17, 15) is 14.4 Å². The van der Waals surface area contributed by atoms with Crippen LogP contribution in [0, 0.1) is 0 Å². The lowest BCUT2D eigenvalue weighted by atomic mass is 10.0. The largest absolute Gasteiger partial charge is 0.462 e. The summed E-state index contributed by atoms with van der Waals surface area (Å²) in [7, 11) is 0. The summed E-state index contributed by atoms with van der Waals surface area (Å²) >= 11 is 0. The molecule has 0 saturated carbocycles. The summed E-state index contributed by atoms with van der Waals surface area (Å²) in [6.07, 6.45) is 40.2. The van der Waals surface area contributed by atoms with E-state index in [0.29, 0.717) is 13.2 Å². The minimum absolute atomic E-state index is 0.0751. The summed E-state index contributed by atoms with van der Waals surface area (Å²) in [5, 5.41) is 0. The third-order valence-electron chi connectivity index (χ3n) is 10.6. The van der Waals surface area contributed by atoms with Crippen molar-refractivity contribution in [1.29, 1.82) is 0 Å². The summed E-state index contributed by atoms with van der Waals surface area (Å²) in [6, 6.07) is 4.52. The van der Waals surface area contributed by atoms with Crippen LogP contribution in [0.25, 0.3) is 0 Å². The number of ether oxygens (including phenoxy) is 3. The van der Waals surface area contributed by atoms with E-state index >= 15 is 0 Å². The third-order valence-corrected chi connectivity index (χ3v) is 10.6. The Balaban J connectivity index is 2.53. The van der Waals surface area contributed by atoms with Gasteiger partial charge in [0.25, 0.3) is 0 Å². The zero-order valence-corrected chi connectivity index (χ0v) is 35.6. The molecule has 0 aliphatic heterocycles. The van der Waals surface area contributed by atoms with Crippen LogP contribution < -0.4 is 0 Å². The lowest BCUT2D eigenvalue weighted by Crippen LogP contribution is -2.17. The van der Waals surface area contributed by atoms with Crippen LogP contribution in [0.4, 0.5) is 0 Å². The van der Waals surface area contributed by atoms with Crippen molar-refractivity contribution in [2.45, 2.75) is 233 Å². The minimum Gasteiger partial charge on any atom is -0.462 e. The summed E-state index contributed by atoms with van der Waals surface area (Å²) in [5.41, 5.74) is 0.469. The average Bonchev–Trinajstić information content (AvgIpc) is 3.18. The van der Waals surface area contributed by atoms with Gasteiger partial charge in [-0.25, -0.2) is 14.4 Å². The maximum atomic E-state index is 13.3. The van der Waals surface area contributed by atoms with Crippen molar-refractivity contribution in [3.05, 3.63) is 34.9 Å². The highest BCUT2D eigenvalue weighted by molar-refractivity contribution is 6.05.